The van der Waals surface area contributed by atoms with Gasteiger partial charge < -0.3 is 0 Å². The average Bonchev–Trinajstić information content (AvgIpc) is 2.14. The third-order valence-electron chi connectivity index (χ3n) is 1.55. The van der Waals surface area contributed by atoms with Crippen LogP contribution in [0, 0.1) is 6.42 Å². The molecule has 0 atom stereocenters. The first-order chi connectivity index (χ1) is 5.93. The molecule has 1 nitrogen and oxygen atoms in total. The molecule has 0 unspecified atom stereocenters. The van der Waals surface area contributed by atoms with Crippen molar-refractivity contribution >= 4 is 11.8 Å². The molecular weight excluding hydrogens is 166 g/mol. The maximum atomic E-state index is 3.96. The zero-order valence-corrected chi connectivity index (χ0v) is 8.18. The van der Waals surface area contributed by atoms with Crippen molar-refractivity contribution in [2.45, 2.75) is 13.3 Å². The van der Waals surface area contributed by atoms with Gasteiger partial charge in [0, 0.05) is 12.4 Å². The molecule has 1 radical (unpaired) electrons. The minimum atomic E-state index is 1.16. The predicted molar refractivity (Wildman–Crippen MR) is 55.3 cm³/mol. The van der Waals surface area contributed by atoms with Crippen molar-refractivity contribution in [2.24, 2.45) is 0 Å². The number of hydrogen-bond acceptors (Lipinski definition) is 2. The van der Waals surface area contributed by atoms with Crippen molar-refractivity contribution in [1.29, 1.82) is 0 Å². The number of nitrogens with zero attached hydrogens (tertiary/aromatic N) is 1. The number of thioether (sulfide) groups is 1. The highest BCUT2D eigenvalue weighted by Gasteiger charge is 1.91. The Morgan fingerprint density at radius 1 is 1.42 bits per heavy atom. The Balaban J connectivity index is 2.16. The molecule has 12 heavy (non-hydrogen) atoms. The Labute approximate surface area is 78.6 Å². The van der Waals surface area contributed by atoms with E-state index in [9.17, 15) is 0 Å². The molecule has 0 aliphatic heterocycles. The van der Waals surface area contributed by atoms with Gasteiger partial charge in [-0.05, 0) is 42.0 Å². The zero-order valence-electron chi connectivity index (χ0n) is 7.36. The first kappa shape index (κ1) is 9.59. The summed E-state index contributed by atoms with van der Waals surface area (Å²) in [7, 11) is 0. The van der Waals surface area contributed by atoms with Crippen LogP contribution in [0.5, 0.6) is 0 Å². The molecule has 0 aliphatic rings. The van der Waals surface area contributed by atoms with Crippen molar-refractivity contribution in [3.05, 3.63) is 36.5 Å². The summed E-state index contributed by atoms with van der Waals surface area (Å²) in [5.41, 5.74) is 1.28. The summed E-state index contributed by atoms with van der Waals surface area (Å²) in [5, 5.41) is 0. The van der Waals surface area contributed by atoms with E-state index in [2.05, 4.69) is 18.3 Å². The second-order valence-electron chi connectivity index (χ2n) is 2.47. The maximum Gasteiger partial charge on any atom is 0.0270 e. The molecule has 0 aromatic carbocycles. The van der Waals surface area contributed by atoms with Crippen LogP contribution < -0.4 is 0 Å². The highest BCUT2D eigenvalue weighted by atomic mass is 32.2. The summed E-state index contributed by atoms with van der Waals surface area (Å²) >= 11 is 1.98. The second kappa shape index (κ2) is 6.06. The Kier molecular flexibility index (Phi) is 4.85. The molecule has 1 heterocycles. The topological polar surface area (TPSA) is 12.9 Å². The van der Waals surface area contributed by atoms with Crippen LogP contribution in [0.4, 0.5) is 0 Å². The Morgan fingerprint density at radius 2 is 2.17 bits per heavy atom. The van der Waals surface area contributed by atoms with E-state index >= 15 is 0 Å². The van der Waals surface area contributed by atoms with Gasteiger partial charge in [0.15, 0.2) is 0 Å². The van der Waals surface area contributed by atoms with Crippen LogP contribution >= 0.6 is 11.8 Å². The van der Waals surface area contributed by atoms with Gasteiger partial charge in [-0.25, -0.2) is 0 Å². The van der Waals surface area contributed by atoms with Gasteiger partial charge in [0.25, 0.3) is 0 Å². The minimum Gasteiger partial charge on any atom is -0.265 e. The van der Waals surface area contributed by atoms with Gasteiger partial charge >= 0.3 is 0 Å². The Hall–Kier alpha value is -0.500. The average molecular weight is 180 g/mol. The third kappa shape index (κ3) is 3.77. The normalized spacial score (nSPS) is 10.1. The van der Waals surface area contributed by atoms with E-state index in [0.29, 0.717) is 0 Å². The lowest BCUT2D eigenvalue weighted by Gasteiger charge is -1.98. The molecule has 0 N–H and O–H groups in total. The molecule has 0 saturated carbocycles. The number of aromatic nitrogens is 1. The molecule has 1 aromatic rings. The molecule has 2 heteroatoms. The first-order valence-corrected chi connectivity index (χ1v) is 5.40. The summed E-state index contributed by atoms with van der Waals surface area (Å²) in [6.45, 7) is 2.19. The standard InChI is InChI=1S/C10H14NS/c1-2-12-9-3-4-10-5-7-11-8-6-10/h4-8H,2-3,9H2,1H3. The molecule has 65 valence electrons. The van der Waals surface area contributed by atoms with E-state index in [1.165, 1.54) is 17.1 Å². The van der Waals surface area contributed by atoms with Gasteiger partial charge in [-0.15, -0.1) is 0 Å². The van der Waals surface area contributed by atoms with E-state index in [1.54, 1.807) is 0 Å². The molecule has 1 rings (SSSR count). The molecule has 0 aliphatic carbocycles. The summed E-state index contributed by atoms with van der Waals surface area (Å²) in [4.78, 5) is 3.96. The predicted octanol–water partition coefficient (Wildman–Crippen LogP) is 2.78. The van der Waals surface area contributed by atoms with Crippen LogP contribution in [0.3, 0.4) is 0 Å². The molecule has 0 bridgehead atoms. The molecular formula is C10H14NS. The zero-order chi connectivity index (χ0) is 8.65. The minimum absolute atomic E-state index is 1.16. The fourth-order valence-corrected chi connectivity index (χ4v) is 1.53. The van der Waals surface area contributed by atoms with E-state index in [0.717, 1.165) is 6.42 Å². The first-order valence-electron chi connectivity index (χ1n) is 4.24. The van der Waals surface area contributed by atoms with Crippen LogP contribution in [0.1, 0.15) is 18.9 Å². The smallest absolute Gasteiger partial charge is 0.0270 e. The molecule has 0 spiro atoms. The largest absolute Gasteiger partial charge is 0.265 e. The van der Waals surface area contributed by atoms with Gasteiger partial charge in [-0.3, -0.25) is 4.98 Å². The van der Waals surface area contributed by atoms with Crippen LogP contribution in [0.2, 0.25) is 0 Å². The fraction of sp³-hybridized carbons (Fsp3) is 0.400. The van der Waals surface area contributed by atoms with E-state index in [1.807, 2.05) is 36.3 Å². The van der Waals surface area contributed by atoms with E-state index in [-0.39, 0.29) is 0 Å². The number of rotatable bonds is 5. The maximum absolute atomic E-state index is 3.96. The van der Waals surface area contributed by atoms with Crippen molar-refractivity contribution in [1.82, 2.24) is 4.98 Å². The van der Waals surface area contributed by atoms with Crippen LogP contribution in [0.25, 0.3) is 0 Å². The fourth-order valence-electron chi connectivity index (χ4n) is 0.953. The van der Waals surface area contributed by atoms with Crippen molar-refractivity contribution in [2.75, 3.05) is 11.5 Å². The van der Waals surface area contributed by atoms with Crippen molar-refractivity contribution in [3.8, 4) is 0 Å². The van der Waals surface area contributed by atoms with Crippen LogP contribution in [-0.4, -0.2) is 16.5 Å². The van der Waals surface area contributed by atoms with Gasteiger partial charge in [0.2, 0.25) is 0 Å². The van der Waals surface area contributed by atoms with Gasteiger partial charge in [-0.1, -0.05) is 6.92 Å². The highest BCUT2D eigenvalue weighted by Crippen LogP contribution is 2.08. The summed E-state index contributed by atoms with van der Waals surface area (Å²) < 4.78 is 0. The molecule has 1 aromatic heterocycles. The summed E-state index contributed by atoms with van der Waals surface area (Å²) in [6.07, 6.45) is 7.07. The van der Waals surface area contributed by atoms with Gasteiger partial charge in [-0.2, -0.15) is 11.8 Å². The van der Waals surface area contributed by atoms with E-state index in [4.69, 9.17) is 0 Å². The lowest BCUT2D eigenvalue weighted by molar-refractivity contribution is 1.13. The molecule has 0 saturated heterocycles. The number of hydrogen-bond donors (Lipinski definition) is 0. The lowest BCUT2D eigenvalue weighted by Crippen LogP contribution is -1.85. The van der Waals surface area contributed by atoms with Gasteiger partial charge in [0.1, 0.15) is 0 Å². The molecule has 0 amide bonds. The van der Waals surface area contributed by atoms with Crippen molar-refractivity contribution in [3.63, 3.8) is 0 Å². The molecule has 0 fully saturated rings. The lowest BCUT2D eigenvalue weighted by atomic mass is 10.2. The Morgan fingerprint density at radius 3 is 2.83 bits per heavy atom. The van der Waals surface area contributed by atoms with Crippen LogP contribution in [-0.2, 0) is 0 Å². The SMILES string of the molecule is CCSCC[CH]c1ccncc1. The Bertz CT molecular complexity index is 198. The quantitative estimate of drug-likeness (QED) is 0.646. The third-order valence-corrected chi connectivity index (χ3v) is 2.49. The summed E-state index contributed by atoms with van der Waals surface area (Å²) in [5.74, 6) is 2.43. The monoisotopic (exact) mass is 180 g/mol. The number of pyridine rings is 1. The highest BCUT2D eigenvalue weighted by molar-refractivity contribution is 7.99. The second-order valence-corrected chi connectivity index (χ2v) is 3.86. The van der Waals surface area contributed by atoms with Gasteiger partial charge in [0.05, 0.1) is 0 Å². The van der Waals surface area contributed by atoms with Crippen LogP contribution in [0.15, 0.2) is 24.5 Å². The summed E-state index contributed by atoms with van der Waals surface area (Å²) in [6, 6.07) is 4.08. The van der Waals surface area contributed by atoms with E-state index < -0.39 is 0 Å². The van der Waals surface area contributed by atoms with Crippen molar-refractivity contribution < 1.29 is 0 Å².